The molecule has 0 unspecified atom stereocenters. The molecule has 6 heteroatoms. The minimum Gasteiger partial charge on any atom is -0.379 e. The third kappa shape index (κ3) is 1.63. The van der Waals surface area contributed by atoms with E-state index in [4.69, 9.17) is 0 Å². The molecule has 1 rings (SSSR count). The maximum absolute atomic E-state index is 12.8. The van der Waals surface area contributed by atoms with E-state index in [1.807, 2.05) is 0 Å². The molecule has 1 aliphatic carbocycles. The topological polar surface area (TPSA) is 20.2 Å². The second-order valence-corrected chi connectivity index (χ2v) is 3.29. The van der Waals surface area contributed by atoms with Gasteiger partial charge in [0.25, 0.3) is 0 Å². The van der Waals surface area contributed by atoms with Crippen molar-refractivity contribution < 1.29 is 27.1 Å². The number of allylic oxidation sites excluding steroid dienone is 1. The fourth-order valence-corrected chi connectivity index (χ4v) is 1.36. The summed E-state index contributed by atoms with van der Waals surface area (Å²) in [5, 5.41) is 9.18. The summed E-state index contributed by atoms with van der Waals surface area (Å²) in [6.45, 7) is 0. The minimum absolute atomic E-state index is 0.124. The quantitative estimate of drug-likeness (QED) is 0.527. The first kappa shape index (κ1) is 11.4. The van der Waals surface area contributed by atoms with Gasteiger partial charge in [0.1, 0.15) is 0 Å². The molecule has 0 saturated heterocycles. The lowest BCUT2D eigenvalue weighted by molar-refractivity contribution is -0.332. The molecule has 1 N–H and O–H groups in total. The molecule has 1 aliphatic rings. The second kappa shape index (κ2) is 3.18. The average molecular weight is 216 g/mol. The Bertz CT molecular complexity index is 245. The van der Waals surface area contributed by atoms with E-state index >= 15 is 0 Å². The maximum Gasteiger partial charge on any atom is 0.456 e. The summed E-state index contributed by atoms with van der Waals surface area (Å²) in [6.07, 6.45) is -4.07. The van der Waals surface area contributed by atoms with Gasteiger partial charge in [-0.15, -0.1) is 0 Å². The third-order valence-electron chi connectivity index (χ3n) is 2.22. The number of hydrogen-bond donors (Lipinski definition) is 1. The van der Waals surface area contributed by atoms with Gasteiger partial charge >= 0.3 is 12.1 Å². The SMILES string of the molecule is O[C@@]1(C(F)(F)C(F)(F)F)C=CCCC1. The first-order valence-corrected chi connectivity index (χ1v) is 4.05. The lowest BCUT2D eigenvalue weighted by Crippen LogP contribution is -2.56. The fraction of sp³-hybridized carbons (Fsp3) is 0.750. The van der Waals surface area contributed by atoms with Crippen molar-refractivity contribution in [2.24, 2.45) is 0 Å². The summed E-state index contributed by atoms with van der Waals surface area (Å²) in [4.78, 5) is 0. The molecule has 0 aromatic rings. The van der Waals surface area contributed by atoms with Crippen LogP contribution in [0.1, 0.15) is 19.3 Å². The number of alkyl halides is 5. The Labute approximate surface area is 77.2 Å². The van der Waals surface area contributed by atoms with Gasteiger partial charge in [-0.3, -0.25) is 0 Å². The van der Waals surface area contributed by atoms with Gasteiger partial charge in [-0.2, -0.15) is 22.0 Å². The molecule has 0 amide bonds. The van der Waals surface area contributed by atoms with Crippen molar-refractivity contribution in [3.05, 3.63) is 12.2 Å². The Morgan fingerprint density at radius 3 is 2.07 bits per heavy atom. The maximum atomic E-state index is 12.8. The van der Waals surface area contributed by atoms with E-state index in [0.717, 1.165) is 6.08 Å². The Kier molecular flexibility index (Phi) is 2.60. The van der Waals surface area contributed by atoms with Crippen LogP contribution in [0.5, 0.6) is 0 Å². The average Bonchev–Trinajstić information content (AvgIpc) is 2.03. The lowest BCUT2D eigenvalue weighted by Gasteiger charge is -2.36. The van der Waals surface area contributed by atoms with E-state index in [1.165, 1.54) is 0 Å². The molecule has 82 valence electrons. The molecule has 0 spiro atoms. The highest BCUT2D eigenvalue weighted by Gasteiger charge is 2.68. The van der Waals surface area contributed by atoms with E-state index in [-0.39, 0.29) is 6.42 Å². The van der Waals surface area contributed by atoms with Crippen LogP contribution < -0.4 is 0 Å². The largest absolute Gasteiger partial charge is 0.456 e. The van der Waals surface area contributed by atoms with Crippen LogP contribution in [0.25, 0.3) is 0 Å². The van der Waals surface area contributed by atoms with E-state index in [9.17, 15) is 27.1 Å². The van der Waals surface area contributed by atoms with Gasteiger partial charge in [0.2, 0.25) is 0 Å². The molecule has 0 saturated carbocycles. The van der Waals surface area contributed by atoms with E-state index in [1.54, 1.807) is 0 Å². The van der Waals surface area contributed by atoms with Crippen LogP contribution in [0.3, 0.4) is 0 Å². The molecule has 0 aliphatic heterocycles. The number of halogens is 5. The summed E-state index contributed by atoms with van der Waals surface area (Å²) >= 11 is 0. The molecule has 0 radical (unpaired) electrons. The standard InChI is InChI=1S/C8H9F5O/c9-7(10,8(11,12)13)6(14)4-2-1-3-5-6/h2,4,14H,1,3,5H2/t6-/m0/s1. The van der Waals surface area contributed by atoms with Crippen LogP contribution in [0.2, 0.25) is 0 Å². The van der Waals surface area contributed by atoms with Gasteiger partial charge in [0, 0.05) is 0 Å². The summed E-state index contributed by atoms with van der Waals surface area (Å²) in [5.74, 6) is -5.09. The monoisotopic (exact) mass is 216 g/mol. The fourth-order valence-electron chi connectivity index (χ4n) is 1.36. The predicted molar refractivity (Wildman–Crippen MR) is 38.9 cm³/mol. The number of hydrogen-bond acceptors (Lipinski definition) is 1. The van der Waals surface area contributed by atoms with Crippen LogP contribution in [0, 0.1) is 0 Å². The predicted octanol–water partition coefficient (Wildman–Crippen LogP) is 2.66. The van der Waals surface area contributed by atoms with Gasteiger partial charge in [0.15, 0.2) is 5.60 Å². The van der Waals surface area contributed by atoms with Crippen LogP contribution in [-0.2, 0) is 0 Å². The molecule has 1 nitrogen and oxygen atoms in total. The Morgan fingerprint density at radius 1 is 1.14 bits per heavy atom. The minimum atomic E-state index is -5.72. The molecule has 0 heterocycles. The van der Waals surface area contributed by atoms with Gasteiger partial charge in [0.05, 0.1) is 0 Å². The molecule has 0 fully saturated rings. The zero-order chi connectivity index (χ0) is 11.0. The number of aliphatic hydroxyl groups is 1. The zero-order valence-electron chi connectivity index (χ0n) is 7.11. The zero-order valence-corrected chi connectivity index (χ0v) is 7.11. The van der Waals surface area contributed by atoms with E-state index in [2.05, 4.69) is 0 Å². The first-order valence-electron chi connectivity index (χ1n) is 4.05. The lowest BCUT2D eigenvalue weighted by atomic mass is 9.85. The molecule has 0 aromatic heterocycles. The highest BCUT2D eigenvalue weighted by molar-refractivity contribution is 5.13. The van der Waals surface area contributed by atoms with Crippen LogP contribution in [0.15, 0.2) is 12.2 Å². The van der Waals surface area contributed by atoms with Crippen molar-refractivity contribution in [3.8, 4) is 0 Å². The second-order valence-electron chi connectivity index (χ2n) is 3.29. The van der Waals surface area contributed by atoms with Gasteiger partial charge in [-0.25, -0.2) is 0 Å². The highest BCUT2D eigenvalue weighted by Crippen LogP contribution is 2.47. The van der Waals surface area contributed by atoms with Crippen LogP contribution in [0.4, 0.5) is 22.0 Å². The van der Waals surface area contributed by atoms with Crippen molar-refractivity contribution >= 4 is 0 Å². The van der Waals surface area contributed by atoms with Gasteiger partial charge < -0.3 is 5.11 Å². The van der Waals surface area contributed by atoms with Gasteiger partial charge in [-0.1, -0.05) is 12.2 Å². The third-order valence-corrected chi connectivity index (χ3v) is 2.22. The van der Waals surface area contributed by atoms with Crippen LogP contribution >= 0.6 is 0 Å². The Balaban J connectivity index is 3.01. The molecular weight excluding hydrogens is 207 g/mol. The van der Waals surface area contributed by atoms with Gasteiger partial charge in [-0.05, 0) is 19.3 Å². The molecule has 0 bridgehead atoms. The van der Waals surface area contributed by atoms with Crippen molar-refractivity contribution in [1.29, 1.82) is 0 Å². The summed E-state index contributed by atoms with van der Waals surface area (Å²) in [7, 11) is 0. The summed E-state index contributed by atoms with van der Waals surface area (Å²) in [5.41, 5.74) is -3.08. The van der Waals surface area contributed by atoms with E-state index < -0.39 is 24.1 Å². The molecule has 14 heavy (non-hydrogen) atoms. The summed E-state index contributed by atoms with van der Waals surface area (Å²) in [6, 6.07) is 0. The highest BCUT2D eigenvalue weighted by atomic mass is 19.4. The van der Waals surface area contributed by atoms with E-state index in [0.29, 0.717) is 12.5 Å². The first-order chi connectivity index (χ1) is 6.21. The normalized spacial score (nSPS) is 29.3. The van der Waals surface area contributed by atoms with Crippen LogP contribution in [-0.4, -0.2) is 22.8 Å². The summed E-state index contributed by atoms with van der Waals surface area (Å²) < 4.78 is 61.3. The molecule has 0 aromatic carbocycles. The van der Waals surface area contributed by atoms with Crippen molar-refractivity contribution in [3.63, 3.8) is 0 Å². The Morgan fingerprint density at radius 2 is 1.71 bits per heavy atom. The van der Waals surface area contributed by atoms with Crippen molar-refractivity contribution in [2.75, 3.05) is 0 Å². The molecule has 1 atom stereocenters. The van der Waals surface area contributed by atoms with Crippen molar-refractivity contribution in [1.82, 2.24) is 0 Å². The molecular formula is C8H9F5O. The smallest absolute Gasteiger partial charge is 0.379 e. The number of rotatable bonds is 1. The Hall–Kier alpha value is -0.650. The van der Waals surface area contributed by atoms with Crippen molar-refractivity contribution in [2.45, 2.75) is 37.0 Å².